The van der Waals surface area contributed by atoms with Gasteiger partial charge in [-0.25, -0.2) is 13.2 Å². The van der Waals surface area contributed by atoms with Crippen LogP contribution in [0, 0.1) is 29.1 Å². The van der Waals surface area contributed by atoms with Gasteiger partial charge in [-0.3, -0.25) is 9.36 Å². The topological polar surface area (TPSA) is 61.8 Å². The second-order valence-corrected chi connectivity index (χ2v) is 6.03. The number of esters is 1. The van der Waals surface area contributed by atoms with Gasteiger partial charge >= 0.3 is 13.6 Å². The normalized spacial score (nSPS) is 11.6. The van der Waals surface area contributed by atoms with Gasteiger partial charge in [0.25, 0.3) is 0 Å². The van der Waals surface area contributed by atoms with Crippen molar-refractivity contribution >= 4 is 13.6 Å². The minimum Gasteiger partial charge on any atom is -0.419 e. The summed E-state index contributed by atoms with van der Waals surface area (Å²) < 4.78 is 91.2. The Labute approximate surface area is 127 Å². The third-order valence-electron chi connectivity index (χ3n) is 2.36. The second-order valence-electron chi connectivity index (χ2n) is 3.98. The van der Waals surface area contributed by atoms with Gasteiger partial charge in [0.2, 0.25) is 34.8 Å². The van der Waals surface area contributed by atoms with Crippen LogP contribution in [-0.2, 0) is 18.4 Å². The largest absolute Gasteiger partial charge is 0.419 e. The van der Waals surface area contributed by atoms with Crippen molar-refractivity contribution in [3.8, 4) is 5.75 Å². The Kier molecular flexibility index (Phi) is 6.67. The van der Waals surface area contributed by atoms with Gasteiger partial charge in [0.15, 0.2) is 0 Å². The van der Waals surface area contributed by atoms with Gasteiger partial charge in [0, 0.05) is 0 Å². The summed E-state index contributed by atoms with van der Waals surface area (Å²) in [5, 5.41) is 0. The summed E-state index contributed by atoms with van der Waals surface area (Å²) in [6, 6.07) is 0. The molecule has 1 aromatic carbocycles. The first-order valence-electron chi connectivity index (χ1n) is 6.27. The molecule has 5 nitrogen and oxygen atoms in total. The lowest BCUT2D eigenvalue weighted by Gasteiger charge is -2.16. The fraction of sp³-hybridized carbons (Fsp3) is 0.417. The molecule has 0 bridgehead atoms. The highest BCUT2D eigenvalue weighted by Crippen LogP contribution is 2.48. The van der Waals surface area contributed by atoms with Gasteiger partial charge in [-0.05, 0) is 13.8 Å². The SMILES string of the molecule is CCOP(=O)(CC(=O)Oc1c(F)c(F)c(F)c(F)c1F)OCC. The van der Waals surface area contributed by atoms with Crippen LogP contribution in [0.4, 0.5) is 22.0 Å². The van der Waals surface area contributed by atoms with Crippen molar-refractivity contribution in [1.29, 1.82) is 0 Å². The molecule has 1 aromatic rings. The number of ether oxygens (including phenoxy) is 1. The molecule has 0 atom stereocenters. The molecular weight excluding hydrogens is 350 g/mol. The van der Waals surface area contributed by atoms with Crippen molar-refractivity contribution in [3.63, 3.8) is 0 Å². The van der Waals surface area contributed by atoms with Crippen LogP contribution in [0.3, 0.4) is 0 Å². The number of hydrogen-bond acceptors (Lipinski definition) is 5. The molecule has 1 rings (SSSR count). The van der Waals surface area contributed by atoms with Gasteiger partial charge in [-0.1, -0.05) is 0 Å². The molecule has 11 heteroatoms. The smallest absolute Gasteiger partial charge is 0.341 e. The molecule has 0 unspecified atom stereocenters. The number of rotatable bonds is 7. The molecule has 0 heterocycles. The molecule has 0 aliphatic rings. The minimum absolute atomic E-state index is 0.104. The molecule has 0 aliphatic heterocycles. The summed E-state index contributed by atoms with van der Waals surface area (Å²) in [5.41, 5.74) is 0. The van der Waals surface area contributed by atoms with E-state index in [1.807, 2.05) is 0 Å². The summed E-state index contributed by atoms with van der Waals surface area (Å²) >= 11 is 0. The highest BCUT2D eigenvalue weighted by Gasteiger charge is 2.32. The first-order chi connectivity index (χ1) is 10.7. The fourth-order valence-electron chi connectivity index (χ4n) is 1.50. The average Bonchev–Trinajstić information content (AvgIpc) is 2.48. The van der Waals surface area contributed by atoms with Crippen LogP contribution >= 0.6 is 7.60 Å². The van der Waals surface area contributed by atoms with E-state index in [0.29, 0.717) is 0 Å². The van der Waals surface area contributed by atoms with Crippen molar-refractivity contribution in [2.75, 3.05) is 19.4 Å². The second kappa shape index (κ2) is 7.85. The van der Waals surface area contributed by atoms with E-state index in [0.717, 1.165) is 0 Å². The quantitative estimate of drug-likeness (QED) is 0.185. The standard InChI is InChI=1S/C12H12F5O5P/c1-3-20-23(19,21-4-2)5-6(18)22-12-10(16)8(14)7(13)9(15)11(12)17/h3-5H2,1-2H3. The maximum Gasteiger partial charge on any atom is 0.341 e. The fourth-order valence-corrected chi connectivity index (χ4v) is 2.93. The summed E-state index contributed by atoms with van der Waals surface area (Å²) in [5.74, 6) is -14.9. The zero-order valence-corrected chi connectivity index (χ0v) is 12.9. The van der Waals surface area contributed by atoms with Crippen molar-refractivity contribution < 1.29 is 45.1 Å². The van der Waals surface area contributed by atoms with Crippen molar-refractivity contribution in [1.82, 2.24) is 0 Å². The molecule has 0 N–H and O–H groups in total. The molecule has 0 spiro atoms. The van der Waals surface area contributed by atoms with E-state index < -0.39 is 54.6 Å². The molecule has 23 heavy (non-hydrogen) atoms. The molecule has 0 saturated heterocycles. The summed E-state index contributed by atoms with van der Waals surface area (Å²) in [6.07, 6.45) is -1.06. The Morgan fingerprint density at radius 3 is 1.65 bits per heavy atom. The van der Waals surface area contributed by atoms with Gasteiger partial charge in [0.1, 0.15) is 6.16 Å². The number of benzene rings is 1. The van der Waals surface area contributed by atoms with Gasteiger partial charge in [-0.15, -0.1) is 0 Å². The number of carbonyl (C=O) groups is 1. The zero-order chi connectivity index (χ0) is 17.8. The number of carbonyl (C=O) groups excluding carboxylic acids is 1. The van der Waals surface area contributed by atoms with Crippen LogP contribution in [0.15, 0.2) is 0 Å². The van der Waals surface area contributed by atoms with Crippen LogP contribution in [0.2, 0.25) is 0 Å². The summed E-state index contributed by atoms with van der Waals surface area (Å²) in [6.45, 7) is 2.68. The first-order valence-corrected chi connectivity index (χ1v) is 7.99. The minimum atomic E-state index is -3.96. The maximum atomic E-state index is 13.4. The van der Waals surface area contributed by atoms with Crippen LogP contribution in [0.1, 0.15) is 13.8 Å². The van der Waals surface area contributed by atoms with Crippen LogP contribution in [0.25, 0.3) is 0 Å². The van der Waals surface area contributed by atoms with Crippen LogP contribution < -0.4 is 4.74 Å². The Balaban J connectivity index is 3.05. The molecule has 0 aromatic heterocycles. The lowest BCUT2D eigenvalue weighted by Crippen LogP contribution is -2.18. The lowest BCUT2D eigenvalue weighted by atomic mass is 10.2. The Hall–Kier alpha value is -1.51. The predicted molar refractivity (Wildman–Crippen MR) is 67.6 cm³/mol. The van der Waals surface area contributed by atoms with Crippen molar-refractivity contribution in [2.24, 2.45) is 0 Å². The molecule has 0 amide bonds. The van der Waals surface area contributed by atoms with E-state index in [2.05, 4.69) is 4.74 Å². The van der Waals surface area contributed by atoms with Gasteiger partial charge < -0.3 is 13.8 Å². The monoisotopic (exact) mass is 362 g/mol. The van der Waals surface area contributed by atoms with Crippen molar-refractivity contribution in [2.45, 2.75) is 13.8 Å². The molecular formula is C12H12F5O5P. The van der Waals surface area contributed by atoms with E-state index in [-0.39, 0.29) is 13.2 Å². The Morgan fingerprint density at radius 1 is 0.870 bits per heavy atom. The Bertz CT molecular complexity index is 612. The van der Waals surface area contributed by atoms with E-state index in [9.17, 15) is 31.3 Å². The molecule has 0 fully saturated rings. The van der Waals surface area contributed by atoms with Gasteiger partial charge in [-0.2, -0.15) is 8.78 Å². The van der Waals surface area contributed by atoms with Crippen LogP contribution in [-0.4, -0.2) is 25.3 Å². The highest BCUT2D eigenvalue weighted by molar-refractivity contribution is 7.54. The predicted octanol–water partition coefficient (Wildman–Crippen LogP) is 3.55. The average molecular weight is 362 g/mol. The maximum absolute atomic E-state index is 13.4. The summed E-state index contributed by atoms with van der Waals surface area (Å²) in [7, 11) is -3.96. The third kappa shape index (κ3) is 4.49. The zero-order valence-electron chi connectivity index (χ0n) is 12.0. The van der Waals surface area contributed by atoms with Gasteiger partial charge in [0.05, 0.1) is 13.2 Å². The van der Waals surface area contributed by atoms with E-state index in [1.165, 1.54) is 13.8 Å². The highest BCUT2D eigenvalue weighted by atomic mass is 31.2. The number of halogens is 5. The lowest BCUT2D eigenvalue weighted by molar-refractivity contribution is -0.132. The molecule has 130 valence electrons. The number of hydrogen-bond donors (Lipinski definition) is 0. The summed E-state index contributed by atoms with van der Waals surface area (Å²) in [4.78, 5) is 11.6. The third-order valence-corrected chi connectivity index (χ3v) is 4.31. The van der Waals surface area contributed by atoms with Crippen LogP contribution in [0.5, 0.6) is 5.75 Å². The molecule has 0 saturated carbocycles. The van der Waals surface area contributed by atoms with E-state index in [4.69, 9.17) is 9.05 Å². The van der Waals surface area contributed by atoms with E-state index in [1.54, 1.807) is 0 Å². The van der Waals surface area contributed by atoms with E-state index >= 15 is 0 Å². The molecule has 0 radical (unpaired) electrons. The first kappa shape index (κ1) is 19.5. The Morgan fingerprint density at radius 2 is 1.26 bits per heavy atom. The molecule has 0 aliphatic carbocycles. The van der Waals surface area contributed by atoms with Crippen molar-refractivity contribution in [3.05, 3.63) is 29.1 Å².